The Labute approximate surface area is 92.9 Å². The van der Waals surface area contributed by atoms with Gasteiger partial charge in [-0.15, -0.1) is 0 Å². The number of hydrogen-bond donors (Lipinski definition) is 1. The van der Waals surface area contributed by atoms with Gasteiger partial charge in [0.05, 0.1) is 0 Å². The zero-order valence-electron chi connectivity index (χ0n) is 8.24. The molecule has 0 unspecified atom stereocenters. The van der Waals surface area contributed by atoms with E-state index in [2.05, 4.69) is 9.97 Å². The third-order valence-electron chi connectivity index (χ3n) is 2.05. The van der Waals surface area contributed by atoms with Crippen LogP contribution in [0.25, 0.3) is 11.4 Å². The topological polar surface area (TPSA) is 51.8 Å². The molecule has 2 N–H and O–H groups in total. The normalized spacial score (nSPS) is 10.3. The Bertz CT molecular complexity index is 497. The maximum absolute atomic E-state index is 5.90. The van der Waals surface area contributed by atoms with Crippen molar-refractivity contribution in [1.29, 1.82) is 0 Å². The molecule has 0 saturated heterocycles. The van der Waals surface area contributed by atoms with Gasteiger partial charge in [0.15, 0.2) is 5.82 Å². The Kier molecular flexibility index (Phi) is 2.56. The molecule has 4 heteroatoms. The smallest absolute Gasteiger partial charge is 0.161 e. The third kappa shape index (κ3) is 2.07. The van der Waals surface area contributed by atoms with Gasteiger partial charge >= 0.3 is 0 Å². The van der Waals surface area contributed by atoms with Crippen LogP contribution in [-0.2, 0) is 0 Å². The van der Waals surface area contributed by atoms with Crippen LogP contribution in [0, 0.1) is 6.92 Å². The van der Waals surface area contributed by atoms with Gasteiger partial charge in [-0.25, -0.2) is 9.97 Å². The molecule has 1 aromatic carbocycles. The predicted octanol–water partition coefficient (Wildman–Crippen LogP) is 2.69. The van der Waals surface area contributed by atoms with Crippen molar-refractivity contribution in [3.63, 3.8) is 0 Å². The van der Waals surface area contributed by atoms with E-state index in [1.165, 1.54) is 0 Å². The van der Waals surface area contributed by atoms with Crippen molar-refractivity contribution in [2.45, 2.75) is 6.92 Å². The monoisotopic (exact) mass is 219 g/mol. The molecular weight excluding hydrogens is 210 g/mol. The quantitative estimate of drug-likeness (QED) is 0.751. The zero-order chi connectivity index (χ0) is 10.8. The molecule has 0 atom stereocenters. The summed E-state index contributed by atoms with van der Waals surface area (Å²) in [6.07, 6.45) is 1.71. The first kappa shape index (κ1) is 9.93. The van der Waals surface area contributed by atoms with E-state index in [9.17, 15) is 0 Å². The Morgan fingerprint density at radius 3 is 2.80 bits per heavy atom. The number of nitrogens with zero attached hydrogens (tertiary/aromatic N) is 2. The standard InChI is InChI=1S/C11H10ClN3/c1-7-4-5-14-11(15-7)9-6-8(12)2-3-10(9)13/h2-6H,13H2,1H3. The summed E-state index contributed by atoms with van der Waals surface area (Å²) >= 11 is 5.90. The second-order valence-electron chi connectivity index (χ2n) is 3.25. The second-order valence-corrected chi connectivity index (χ2v) is 3.69. The van der Waals surface area contributed by atoms with E-state index in [1.54, 1.807) is 24.4 Å². The summed E-state index contributed by atoms with van der Waals surface area (Å²) in [5.74, 6) is 0.606. The maximum atomic E-state index is 5.90. The molecule has 0 spiro atoms. The van der Waals surface area contributed by atoms with Gasteiger partial charge in [0.2, 0.25) is 0 Å². The molecule has 1 heterocycles. The van der Waals surface area contributed by atoms with Crippen LogP contribution in [0.5, 0.6) is 0 Å². The third-order valence-corrected chi connectivity index (χ3v) is 2.29. The first-order chi connectivity index (χ1) is 7.16. The molecule has 3 nitrogen and oxygen atoms in total. The van der Waals surface area contributed by atoms with Gasteiger partial charge in [-0.05, 0) is 31.2 Å². The summed E-state index contributed by atoms with van der Waals surface area (Å²) in [5.41, 5.74) is 8.13. The van der Waals surface area contributed by atoms with Crippen molar-refractivity contribution in [3.05, 3.63) is 41.2 Å². The lowest BCUT2D eigenvalue weighted by molar-refractivity contribution is 1.11. The SMILES string of the molecule is Cc1ccnc(-c2cc(Cl)ccc2N)n1. The van der Waals surface area contributed by atoms with Crippen molar-refractivity contribution >= 4 is 17.3 Å². The van der Waals surface area contributed by atoms with E-state index in [1.807, 2.05) is 13.0 Å². The van der Waals surface area contributed by atoms with E-state index in [4.69, 9.17) is 17.3 Å². The van der Waals surface area contributed by atoms with Crippen LogP contribution in [0.15, 0.2) is 30.5 Å². The van der Waals surface area contributed by atoms with Gasteiger partial charge in [0.1, 0.15) is 0 Å². The van der Waals surface area contributed by atoms with Gasteiger partial charge in [0.25, 0.3) is 0 Å². The van der Waals surface area contributed by atoms with Crippen LogP contribution >= 0.6 is 11.6 Å². The highest BCUT2D eigenvalue weighted by molar-refractivity contribution is 6.31. The van der Waals surface area contributed by atoms with Crippen molar-refractivity contribution < 1.29 is 0 Å². The van der Waals surface area contributed by atoms with Crippen LogP contribution in [0.2, 0.25) is 5.02 Å². The molecule has 1 aromatic heterocycles. The number of halogens is 1. The van der Waals surface area contributed by atoms with Crippen LogP contribution < -0.4 is 5.73 Å². The Balaban J connectivity index is 2.58. The zero-order valence-corrected chi connectivity index (χ0v) is 8.99. The Hall–Kier alpha value is -1.61. The first-order valence-electron chi connectivity index (χ1n) is 4.52. The molecular formula is C11H10ClN3. The van der Waals surface area contributed by atoms with Crippen LogP contribution in [0.3, 0.4) is 0 Å². The molecule has 0 radical (unpaired) electrons. The largest absolute Gasteiger partial charge is 0.398 e. The number of aromatic nitrogens is 2. The van der Waals surface area contributed by atoms with E-state index < -0.39 is 0 Å². The van der Waals surface area contributed by atoms with Gasteiger partial charge in [0, 0.05) is 28.2 Å². The summed E-state index contributed by atoms with van der Waals surface area (Å²) in [5, 5.41) is 0.629. The molecule has 15 heavy (non-hydrogen) atoms. The fraction of sp³-hybridized carbons (Fsp3) is 0.0909. The summed E-state index contributed by atoms with van der Waals surface area (Å²) in [4.78, 5) is 8.46. The van der Waals surface area contributed by atoms with E-state index in [0.717, 1.165) is 11.3 Å². The molecule has 0 saturated carbocycles. The van der Waals surface area contributed by atoms with Crippen molar-refractivity contribution in [3.8, 4) is 11.4 Å². The number of rotatable bonds is 1. The van der Waals surface area contributed by atoms with Crippen LogP contribution in [0.4, 0.5) is 5.69 Å². The average Bonchev–Trinajstić information content (AvgIpc) is 2.22. The lowest BCUT2D eigenvalue weighted by Crippen LogP contribution is -1.95. The van der Waals surface area contributed by atoms with Crippen LogP contribution in [-0.4, -0.2) is 9.97 Å². The Morgan fingerprint density at radius 2 is 2.07 bits per heavy atom. The van der Waals surface area contributed by atoms with Gasteiger partial charge in [-0.3, -0.25) is 0 Å². The van der Waals surface area contributed by atoms with Crippen LogP contribution in [0.1, 0.15) is 5.69 Å². The number of hydrogen-bond acceptors (Lipinski definition) is 3. The fourth-order valence-corrected chi connectivity index (χ4v) is 1.47. The predicted molar refractivity (Wildman–Crippen MR) is 61.6 cm³/mol. The highest BCUT2D eigenvalue weighted by Crippen LogP contribution is 2.25. The fourth-order valence-electron chi connectivity index (χ4n) is 1.30. The van der Waals surface area contributed by atoms with Gasteiger partial charge < -0.3 is 5.73 Å². The minimum absolute atomic E-state index is 0.606. The molecule has 76 valence electrons. The number of benzene rings is 1. The minimum atomic E-state index is 0.606. The molecule has 0 aliphatic rings. The molecule has 0 aliphatic carbocycles. The second kappa shape index (κ2) is 3.87. The summed E-state index contributed by atoms with van der Waals surface area (Å²) in [7, 11) is 0. The summed E-state index contributed by atoms with van der Waals surface area (Å²) in [6, 6.07) is 7.11. The number of nitrogens with two attached hydrogens (primary N) is 1. The lowest BCUT2D eigenvalue weighted by Gasteiger charge is -2.04. The van der Waals surface area contributed by atoms with Gasteiger partial charge in [-0.1, -0.05) is 11.6 Å². The van der Waals surface area contributed by atoms with Crippen molar-refractivity contribution in [2.75, 3.05) is 5.73 Å². The molecule has 0 fully saturated rings. The van der Waals surface area contributed by atoms with E-state index >= 15 is 0 Å². The van der Waals surface area contributed by atoms with E-state index in [0.29, 0.717) is 16.5 Å². The Morgan fingerprint density at radius 1 is 1.27 bits per heavy atom. The molecule has 2 aromatic rings. The molecule has 0 aliphatic heterocycles. The van der Waals surface area contributed by atoms with Gasteiger partial charge in [-0.2, -0.15) is 0 Å². The maximum Gasteiger partial charge on any atom is 0.161 e. The average molecular weight is 220 g/mol. The molecule has 0 bridgehead atoms. The number of anilines is 1. The van der Waals surface area contributed by atoms with E-state index in [-0.39, 0.29) is 0 Å². The first-order valence-corrected chi connectivity index (χ1v) is 4.89. The van der Waals surface area contributed by atoms with Crippen molar-refractivity contribution in [2.24, 2.45) is 0 Å². The van der Waals surface area contributed by atoms with Crippen molar-refractivity contribution in [1.82, 2.24) is 9.97 Å². The number of nitrogen functional groups attached to an aromatic ring is 1. The number of aryl methyl sites for hydroxylation is 1. The summed E-state index contributed by atoms with van der Waals surface area (Å²) in [6.45, 7) is 1.91. The molecule has 2 rings (SSSR count). The lowest BCUT2D eigenvalue weighted by atomic mass is 10.1. The summed E-state index contributed by atoms with van der Waals surface area (Å²) < 4.78 is 0. The molecule has 0 amide bonds. The minimum Gasteiger partial charge on any atom is -0.398 e. The highest BCUT2D eigenvalue weighted by Gasteiger charge is 2.06. The highest BCUT2D eigenvalue weighted by atomic mass is 35.5.